The number of para-hydroxylation sites is 1. The molecule has 0 atom stereocenters. The van der Waals surface area contributed by atoms with Crippen LogP contribution in [0.15, 0.2) is 174 Å². The summed E-state index contributed by atoms with van der Waals surface area (Å²) < 4.78 is 6.23. The number of hydrogen-bond acceptors (Lipinski definition) is 5. The number of benzene rings is 8. The van der Waals surface area contributed by atoms with Gasteiger partial charge in [0.2, 0.25) is 0 Å². The maximum atomic E-state index is 9.50. The van der Waals surface area contributed by atoms with E-state index in [-0.39, 0.29) is 0 Å². The smallest absolute Gasteiger partial charge is 0.164 e. The van der Waals surface area contributed by atoms with E-state index in [1.54, 1.807) is 0 Å². The van der Waals surface area contributed by atoms with Crippen molar-refractivity contribution in [3.63, 3.8) is 0 Å². The van der Waals surface area contributed by atoms with Crippen LogP contribution in [0.4, 0.5) is 0 Å². The lowest BCUT2D eigenvalue weighted by Gasteiger charge is -2.15. The molecule has 5 nitrogen and oxygen atoms in total. The van der Waals surface area contributed by atoms with Gasteiger partial charge in [0.25, 0.3) is 0 Å². The van der Waals surface area contributed by atoms with Gasteiger partial charge in [-0.15, -0.1) is 0 Å². The van der Waals surface area contributed by atoms with Crippen LogP contribution in [0.5, 0.6) is 0 Å². The zero-order valence-corrected chi connectivity index (χ0v) is 29.4. The average Bonchev–Trinajstić information content (AvgIpc) is 3.81. The Hall–Kier alpha value is -7.68. The van der Waals surface area contributed by atoms with E-state index in [1.807, 2.05) is 84.9 Å². The fourth-order valence-corrected chi connectivity index (χ4v) is 8.20. The minimum Gasteiger partial charge on any atom is -0.456 e. The highest BCUT2D eigenvalue weighted by Gasteiger charge is 2.25. The van der Waals surface area contributed by atoms with Crippen molar-refractivity contribution in [2.45, 2.75) is 0 Å². The van der Waals surface area contributed by atoms with Crippen molar-refractivity contribution in [3.05, 3.63) is 175 Å². The van der Waals surface area contributed by atoms with Crippen LogP contribution in [0.2, 0.25) is 0 Å². The van der Waals surface area contributed by atoms with E-state index in [0.717, 1.165) is 60.9 Å². The normalized spacial score (nSPS) is 11.6. The van der Waals surface area contributed by atoms with E-state index in [1.165, 1.54) is 33.0 Å². The molecule has 0 spiro atoms. The molecule has 2 heterocycles. The standard InChI is InChI=1S/C50H28N4O/c51-29-30-17-19-31(20-18-30)35-25-27-39-37-11-4-5-12-38(37)40-28-26-36(46(35)47(39)40)32-21-23-34(24-22-32)49-52-48(33-9-2-1-3-10-33)53-50(54-49)42-14-8-16-44-45(42)41-13-6-7-15-43(41)55-44/h1-28H. The molecule has 1 aliphatic carbocycles. The van der Waals surface area contributed by atoms with Crippen molar-refractivity contribution >= 4 is 32.7 Å². The fourth-order valence-electron chi connectivity index (χ4n) is 8.20. The first-order chi connectivity index (χ1) is 27.2. The maximum absolute atomic E-state index is 9.50. The van der Waals surface area contributed by atoms with Crippen molar-refractivity contribution in [3.8, 4) is 84.7 Å². The molecule has 0 radical (unpaired) electrons. The highest BCUT2D eigenvalue weighted by Crippen LogP contribution is 2.52. The Balaban J connectivity index is 1.08. The van der Waals surface area contributed by atoms with Crippen molar-refractivity contribution in [2.24, 2.45) is 0 Å². The van der Waals surface area contributed by atoms with E-state index < -0.39 is 0 Å². The van der Waals surface area contributed by atoms with Crippen molar-refractivity contribution in [1.82, 2.24) is 15.0 Å². The lowest BCUT2D eigenvalue weighted by Crippen LogP contribution is -2.00. The third-order valence-electron chi connectivity index (χ3n) is 10.8. The Labute approximate surface area is 316 Å². The second-order valence-electron chi connectivity index (χ2n) is 13.8. The number of hydrogen-bond donors (Lipinski definition) is 0. The van der Waals surface area contributed by atoms with Crippen LogP contribution < -0.4 is 0 Å². The molecule has 0 N–H and O–H groups in total. The van der Waals surface area contributed by atoms with Gasteiger partial charge in [0.1, 0.15) is 11.2 Å². The minimum absolute atomic E-state index is 0.587. The Bertz CT molecular complexity index is 3160. The Morgan fingerprint density at radius 2 is 0.836 bits per heavy atom. The molecule has 11 rings (SSSR count). The van der Waals surface area contributed by atoms with Gasteiger partial charge in [-0.25, -0.2) is 15.0 Å². The second kappa shape index (κ2) is 12.2. The van der Waals surface area contributed by atoms with E-state index in [0.29, 0.717) is 23.0 Å². The summed E-state index contributed by atoms with van der Waals surface area (Å²) in [6.45, 7) is 0. The lowest BCUT2D eigenvalue weighted by molar-refractivity contribution is 0.669. The Kier molecular flexibility index (Phi) is 6.85. The maximum Gasteiger partial charge on any atom is 0.164 e. The zero-order chi connectivity index (χ0) is 36.5. The zero-order valence-electron chi connectivity index (χ0n) is 29.4. The van der Waals surface area contributed by atoms with Crippen molar-refractivity contribution in [1.29, 1.82) is 5.26 Å². The number of nitriles is 1. The SMILES string of the molecule is N#Cc1ccc(-c2ccc3c4c(ccc(-c5ccc(-c6nc(-c7ccccc7)nc(-c7cccc8oc9ccccc9c78)n6)cc5)c24)-c2ccccc2-3)cc1. The van der Waals surface area contributed by atoms with Gasteiger partial charge >= 0.3 is 0 Å². The monoisotopic (exact) mass is 700 g/mol. The second-order valence-corrected chi connectivity index (χ2v) is 13.8. The summed E-state index contributed by atoms with van der Waals surface area (Å²) >= 11 is 0. The first-order valence-electron chi connectivity index (χ1n) is 18.2. The number of aromatic nitrogens is 3. The van der Waals surface area contributed by atoms with Gasteiger partial charge in [-0.3, -0.25) is 0 Å². The highest BCUT2D eigenvalue weighted by molar-refractivity contribution is 6.22. The molecule has 2 aromatic heterocycles. The topological polar surface area (TPSA) is 75.6 Å². The molecule has 0 bridgehead atoms. The van der Waals surface area contributed by atoms with Crippen molar-refractivity contribution < 1.29 is 4.42 Å². The van der Waals surface area contributed by atoms with Gasteiger partial charge in [0, 0.05) is 27.5 Å². The molecule has 5 heteroatoms. The molecule has 0 aliphatic heterocycles. The van der Waals surface area contributed by atoms with Crippen LogP contribution in [0, 0.1) is 11.3 Å². The summed E-state index contributed by atoms with van der Waals surface area (Å²) in [5.74, 6) is 1.78. The van der Waals surface area contributed by atoms with Crippen LogP contribution in [-0.2, 0) is 0 Å². The third-order valence-corrected chi connectivity index (χ3v) is 10.8. The van der Waals surface area contributed by atoms with Crippen molar-refractivity contribution in [2.75, 3.05) is 0 Å². The van der Waals surface area contributed by atoms with Crippen LogP contribution in [0.3, 0.4) is 0 Å². The lowest BCUT2D eigenvalue weighted by atomic mass is 9.88. The summed E-state index contributed by atoms with van der Waals surface area (Å²) in [7, 11) is 0. The third kappa shape index (κ3) is 4.90. The van der Waals surface area contributed by atoms with E-state index in [9.17, 15) is 5.26 Å². The Morgan fingerprint density at radius 1 is 0.345 bits per heavy atom. The van der Waals surface area contributed by atoms with Gasteiger partial charge in [-0.05, 0) is 79.5 Å². The molecule has 1 aliphatic rings. The van der Waals surface area contributed by atoms with Crippen LogP contribution >= 0.6 is 0 Å². The number of rotatable bonds is 5. The molecule has 10 aromatic rings. The predicted octanol–water partition coefficient (Wildman–Crippen LogP) is 12.8. The fraction of sp³-hybridized carbons (Fsp3) is 0. The largest absolute Gasteiger partial charge is 0.456 e. The highest BCUT2D eigenvalue weighted by atomic mass is 16.3. The number of fused-ring (bicyclic) bond motifs is 6. The van der Waals surface area contributed by atoms with Gasteiger partial charge in [0.15, 0.2) is 17.5 Å². The van der Waals surface area contributed by atoms with Gasteiger partial charge in [-0.2, -0.15) is 5.26 Å². The van der Waals surface area contributed by atoms with Crippen LogP contribution in [0.25, 0.3) is 111 Å². The number of nitrogens with zero attached hydrogens (tertiary/aromatic N) is 4. The molecule has 0 saturated heterocycles. The van der Waals surface area contributed by atoms with Gasteiger partial charge < -0.3 is 4.42 Å². The van der Waals surface area contributed by atoms with E-state index >= 15 is 0 Å². The summed E-state index contributed by atoms with van der Waals surface area (Å²) in [5, 5.41) is 13.9. The quantitative estimate of drug-likeness (QED) is 0.179. The van der Waals surface area contributed by atoms with Crippen LogP contribution in [-0.4, -0.2) is 15.0 Å². The van der Waals surface area contributed by atoms with Gasteiger partial charge in [-0.1, -0.05) is 146 Å². The average molecular weight is 701 g/mol. The molecule has 254 valence electrons. The summed E-state index contributed by atoms with van der Waals surface area (Å²) in [6.07, 6.45) is 0. The van der Waals surface area contributed by atoms with Gasteiger partial charge in [0.05, 0.1) is 11.6 Å². The first kappa shape index (κ1) is 30.9. The predicted molar refractivity (Wildman–Crippen MR) is 221 cm³/mol. The summed E-state index contributed by atoms with van der Waals surface area (Å²) in [5.41, 5.74) is 14.4. The van der Waals surface area contributed by atoms with E-state index in [2.05, 4.69) is 91.0 Å². The first-order valence-corrected chi connectivity index (χ1v) is 18.2. The molecule has 55 heavy (non-hydrogen) atoms. The molecule has 0 saturated carbocycles. The number of furan rings is 1. The van der Waals surface area contributed by atoms with E-state index in [4.69, 9.17) is 19.4 Å². The molecule has 0 amide bonds. The molecule has 0 unspecified atom stereocenters. The summed E-state index contributed by atoms with van der Waals surface area (Å²) in [4.78, 5) is 15.2. The molecule has 8 aromatic carbocycles. The molecular weight excluding hydrogens is 673 g/mol. The molecule has 0 fully saturated rings. The Morgan fingerprint density at radius 3 is 1.51 bits per heavy atom. The summed E-state index contributed by atoms with van der Waals surface area (Å²) in [6, 6.07) is 60.5. The molecular formula is C50H28N4O. The minimum atomic E-state index is 0.587. The van der Waals surface area contributed by atoms with Crippen LogP contribution in [0.1, 0.15) is 5.56 Å².